The molecule has 0 bridgehead atoms. The largest absolute Gasteiger partial charge is 0.309 e. The minimum atomic E-state index is -3.57. The highest BCUT2D eigenvalue weighted by Gasteiger charge is 2.39. The molecule has 0 saturated heterocycles. The van der Waals surface area contributed by atoms with Crippen LogP contribution in [0.5, 0.6) is 0 Å². The van der Waals surface area contributed by atoms with E-state index < -0.39 is 10.0 Å². The summed E-state index contributed by atoms with van der Waals surface area (Å²) in [5, 5.41) is 0. The molecule has 0 aromatic heterocycles. The van der Waals surface area contributed by atoms with E-state index in [9.17, 15) is 13.2 Å². The first-order chi connectivity index (χ1) is 13.3. The van der Waals surface area contributed by atoms with Gasteiger partial charge in [0, 0.05) is 24.2 Å². The van der Waals surface area contributed by atoms with Gasteiger partial charge in [-0.15, -0.1) is 0 Å². The maximum atomic E-state index is 12.7. The zero-order valence-electron chi connectivity index (χ0n) is 16.3. The molecule has 1 aliphatic heterocycles. The van der Waals surface area contributed by atoms with E-state index in [0.717, 1.165) is 29.7 Å². The Labute approximate surface area is 166 Å². The number of hydrogen-bond donors (Lipinski definition) is 1. The van der Waals surface area contributed by atoms with Crippen LogP contribution in [0.4, 0.5) is 5.69 Å². The molecule has 0 radical (unpaired) electrons. The SMILES string of the molecule is Cc1cccc(CCNS(=O)(=O)c2ccc3c(c2)C[C@H](C)N3C(=O)C2CC2)c1. The van der Waals surface area contributed by atoms with Crippen molar-refractivity contribution in [3.63, 3.8) is 0 Å². The van der Waals surface area contributed by atoms with Gasteiger partial charge in [0.05, 0.1) is 4.90 Å². The lowest BCUT2D eigenvalue weighted by atomic mass is 10.1. The highest BCUT2D eigenvalue weighted by atomic mass is 32.2. The summed E-state index contributed by atoms with van der Waals surface area (Å²) in [5.74, 6) is 0.332. The van der Waals surface area contributed by atoms with Gasteiger partial charge in [0.25, 0.3) is 0 Å². The minimum Gasteiger partial charge on any atom is -0.309 e. The highest BCUT2D eigenvalue weighted by Crippen LogP contribution is 2.39. The zero-order chi connectivity index (χ0) is 19.9. The minimum absolute atomic E-state index is 0.0790. The number of hydrogen-bond acceptors (Lipinski definition) is 3. The molecule has 28 heavy (non-hydrogen) atoms. The summed E-state index contributed by atoms with van der Waals surface area (Å²) < 4.78 is 28.1. The number of benzene rings is 2. The van der Waals surface area contributed by atoms with Gasteiger partial charge >= 0.3 is 0 Å². The fourth-order valence-electron chi connectivity index (χ4n) is 3.92. The molecular formula is C22H26N2O3S. The van der Waals surface area contributed by atoms with Crippen LogP contribution < -0.4 is 9.62 Å². The maximum absolute atomic E-state index is 12.7. The molecular weight excluding hydrogens is 372 g/mol. The molecule has 148 valence electrons. The lowest BCUT2D eigenvalue weighted by Gasteiger charge is -2.22. The fourth-order valence-corrected chi connectivity index (χ4v) is 5.00. The Kier molecular flexibility index (Phi) is 5.02. The van der Waals surface area contributed by atoms with E-state index in [4.69, 9.17) is 0 Å². The number of carbonyl (C=O) groups is 1. The predicted octanol–water partition coefficient (Wildman–Crippen LogP) is 3.20. The van der Waals surface area contributed by atoms with Gasteiger partial charge in [-0.25, -0.2) is 13.1 Å². The van der Waals surface area contributed by atoms with E-state index in [-0.39, 0.29) is 22.8 Å². The van der Waals surface area contributed by atoms with E-state index in [1.807, 2.05) is 36.9 Å². The molecule has 1 amide bonds. The Morgan fingerprint density at radius 2 is 1.96 bits per heavy atom. The summed E-state index contributed by atoms with van der Waals surface area (Å²) in [5.41, 5.74) is 4.07. The van der Waals surface area contributed by atoms with E-state index in [2.05, 4.69) is 10.8 Å². The molecule has 2 aliphatic rings. The number of carbonyl (C=O) groups excluding carboxylic acids is 1. The Hall–Kier alpha value is -2.18. The van der Waals surface area contributed by atoms with E-state index in [0.29, 0.717) is 19.4 Å². The molecule has 0 spiro atoms. The van der Waals surface area contributed by atoms with Crippen molar-refractivity contribution in [2.45, 2.75) is 50.5 Å². The molecule has 1 heterocycles. The van der Waals surface area contributed by atoms with Crippen molar-refractivity contribution in [1.82, 2.24) is 4.72 Å². The third-order valence-electron chi connectivity index (χ3n) is 5.53. The van der Waals surface area contributed by atoms with Crippen LogP contribution in [0.25, 0.3) is 0 Å². The average molecular weight is 399 g/mol. The molecule has 1 saturated carbocycles. The van der Waals surface area contributed by atoms with E-state index in [1.54, 1.807) is 18.2 Å². The number of rotatable bonds is 6. The smallest absolute Gasteiger partial charge is 0.240 e. The first kappa shape index (κ1) is 19.2. The van der Waals surface area contributed by atoms with Gasteiger partial charge in [0.2, 0.25) is 15.9 Å². The van der Waals surface area contributed by atoms with Crippen molar-refractivity contribution < 1.29 is 13.2 Å². The van der Waals surface area contributed by atoms with Crippen molar-refractivity contribution in [2.24, 2.45) is 5.92 Å². The third kappa shape index (κ3) is 3.84. The van der Waals surface area contributed by atoms with Gasteiger partial charge in [0.15, 0.2) is 0 Å². The van der Waals surface area contributed by atoms with Gasteiger partial charge in [-0.1, -0.05) is 29.8 Å². The van der Waals surface area contributed by atoms with Crippen molar-refractivity contribution in [2.75, 3.05) is 11.4 Å². The van der Waals surface area contributed by atoms with Crippen molar-refractivity contribution in [3.05, 3.63) is 59.2 Å². The molecule has 1 fully saturated rings. The van der Waals surface area contributed by atoms with Crippen molar-refractivity contribution in [1.29, 1.82) is 0 Å². The predicted molar refractivity (Wildman–Crippen MR) is 110 cm³/mol. The first-order valence-corrected chi connectivity index (χ1v) is 11.3. The van der Waals surface area contributed by atoms with Crippen LogP contribution in [0.1, 0.15) is 36.5 Å². The van der Waals surface area contributed by atoms with Crippen LogP contribution in [0.15, 0.2) is 47.4 Å². The number of aryl methyl sites for hydroxylation is 1. The summed E-state index contributed by atoms with van der Waals surface area (Å²) in [4.78, 5) is 14.7. The Balaban J connectivity index is 1.47. The summed E-state index contributed by atoms with van der Waals surface area (Å²) in [6.07, 6.45) is 3.27. The highest BCUT2D eigenvalue weighted by molar-refractivity contribution is 7.89. The van der Waals surface area contributed by atoms with Gasteiger partial charge in [-0.2, -0.15) is 0 Å². The van der Waals surface area contributed by atoms with Crippen LogP contribution in [-0.4, -0.2) is 26.9 Å². The fraction of sp³-hybridized carbons (Fsp3) is 0.409. The quantitative estimate of drug-likeness (QED) is 0.813. The Morgan fingerprint density at radius 1 is 1.18 bits per heavy atom. The van der Waals surface area contributed by atoms with Gasteiger partial charge in [0.1, 0.15) is 0 Å². The van der Waals surface area contributed by atoms with Crippen LogP contribution in [-0.2, 0) is 27.7 Å². The second kappa shape index (κ2) is 7.33. The molecule has 0 unspecified atom stereocenters. The average Bonchev–Trinajstić information content (AvgIpc) is 3.43. The summed E-state index contributed by atoms with van der Waals surface area (Å²) in [7, 11) is -3.57. The molecule has 1 N–H and O–H groups in total. The second-order valence-corrected chi connectivity index (χ2v) is 9.73. The van der Waals surface area contributed by atoms with E-state index in [1.165, 1.54) is 5.56 Å². The van der Waals surface area contributed by atoms with Crippen molar-refractivity contribution in [3.8, 4) is 0 Å². The maximum Gasteiger partial charge on any atom is 0.240 e. The number of sulfonamides is 1. The normalized spacial score (nSPS) is 18.9. The van der Waals surface area contributed by atoms with E-state index >= 15 is 0 Å². The van der Waals surface area contributed by atoms with Gasteiger partial charge in [-0.3, -0.25) is 4.79 Å². The number of amides is 1. The molecule has 2 aromatic rings. The number of nitrogens with one attached hydrogen (secondary N) is 1. The van der Waals surface area contributed by atoms with Crippen LogP contribution >= 0.6 is 0 Å². The molecule has 4 rings (SSSR count). The van der Waals surface area contributed by atoms with Gasteiger partial charge < -0.3 is 4.90 Å². The topological polar surface area (TPSA) is 66.5 Å². The zero-order valence-corrected chi connectivity index (χ0v) is 17.1. The summed E-state index contributed by atoms with van der Waals surface area (Å²) in [6, 6.07) is 13.3. The Bertz CT molecular complexity index is 1010. The number of fused-ring (bicyclic) bond motifs is 1. The summed E-state index contributed by atoms with van der Waals surface area (Å²) in [6.45, 7) is 4.40. The molecule has 6 heteroatoms. The number of nitrogens with zero attached hydrogens (tertiary/aromatic N) is 1. The monoisotopic (exact) mass is 398 g/mol. The first-order valence-electron chi connectivity index (χ1n) is 9.86. The third-order valence-corrected chi connectivity index (χ3v) is 6.99. The molecule has 1 atom stereocenters. The van der Waals surface area contributed by atoms with Crippen LogP contribution in [0.2, 0.25) is 0 Å². The number of anilines is 1. The van der Waals surface area contributed by atoms with Crippen LogP contribution in [0, 0.1) is 12.8 Å². The van der Waals surface area contributed by atoms with Crippen molar-refractivity contribution >= 4 is 21.6 Å². The standard InChI is InChI=1S/C22H26N2O3S/c1-15-4-3-5-17(12-15)10-11-23-28(26,27)20-8-9-21-19(14-20)13-16(2)24(21)22(25)18-6-7-18/h3-5,8-9,12,14,16,18,23H,6-7,10-11,13H2,1-2H3/t16-/m0/s1. The molecule has 1 aliphatic carbocycles. The summed E-state index contributed by atoms with van der Waals surface area (Å²) >= 11 is 0. The Morgan fingerprint density at radius 3 is 2.68 bits per heavy atom. The lowest BCUT2D eigenvalue weighted by molar-refractivity contribution is -0.120. The van der Waals surface area contributed by atoms with Crippen LogP contribution in [0.3, 0.4) is 0 Å². The molecule has 2 aromatic carbocycles. The molecule has 5 nitrogen and oxygen atoms in total. The lowest BCUT2D eigenvalue weighted by Crippen LogP contribution is -2.36. The van der Waals surface area contributed by atoms with Gasteiger partial charge in [-0.05, 0) is 68.9 Å². The second-order valence-electron chi connectivity index (χ2n) is 7.96.